The second-order valence-electron chi connectivity index (χ2n) is 0. The Labute approximate surface area is 58.3 Å². The van der Waals surface area contributed by atoms with Gasteiger partial charge in [-0.15, -0.1) is 37.2 Å². The Morgan fingerprint density at radius 1 is 0.800 bits per heavy atom. The topological polar surface area (TPSA) is 17.1 Å². The molecule has 35 valence electrons. The van der Waals surface area contributed by atoms with Gasteiger partial charge in [-0.3, -0.25) is 0 Å². The van der Waals surface area contributed by atoms with Crippen LogP contribution in [0, 0.1) is 0 Å². The molecular formula is H3Cl3OV. The van der Waals surface area contributed by atoms with Gasteiger partial charge < -0.3 is 0 Å². The number of rotatable bonds is 0. The predicted octanol–water partition coefficient (Wildman–Crippen LogP) is 1.14. The van der Waals surface area contributed by atoms with E-state index in [9.17, 15) is 0 Å². The maximum atomic E-state index is 8.19. The van der Waals surface area contributed by atoms with E-state index in [1.54, 1.807) is 0 Å². The van der Waals surface area contributed by atoms with Gasteiger partial charge in [-0.2, -0.15) is 0 Å². The van der Waals surface area contributed by atoms with Crippen molar-refractivity contribution in [1.82, 2.24) is 0 Å². The Balaban J connectivity index is -0.00000000167. The van der Waals surface area contributed by atoms with Crippen LogP contribution in [-0.2, 0) is 21.0 Å². The maximum absolute atomic E-state index is 8.19. The summed E-state index contributed by atoms with van der Waals surface area (Å²) in [5, 5.41) is 0. The number of hydrogen-bond acceptors (Lipinski definition) is 1. The minimum absolute atomic E-state index is 0. The van der Waals surface area contributed by atoms with Crippen molar-refractivity contribution in [1.29, 1.82) is 0 Å². The molecule has 0 saturated heterocycles. The van der Waals surface area contributed by atoms with E-state index < -0.39 is 0 Å². The Morgan fingerprint density at radius 2 is 0.800 bits per heavy atom. The van der Waals surface area contributed by atoms with Crippen molar-refractivity contribution in [2.24, 2.45) is 0 Å². The summed E-state index contributed by atoms with van der Waals surface area (Å²) in [4.78, 5) is 0. The molecule has 0 aliphatic rings. The molecule has 0 radical (unpaired) electrons. The summed E-state index contributed by atoms with van der Waals surface area (Å²) in [6, 6.07) is 0. The Morgan fingerprint density at radius 3 is 0.800 bits per heavy atom. The molecule has 5 heteroatoms. The second-order valence-corrected chi connectivity index (χ2v) is 0. The fourth-order valence-electron chi connectivity index (χ4n) is 0. The van der Waals surface area contributed by atoms with Gasteiger partial charge in [-0.1, -0.05) is 0 Å². The molecule has 0 rings (SSSR count). The standard InChI is InChI=1S/3ClH.O.V/h3*1H;;. The van der Waals surface area contributed by atoms with E-state index in [1.165, 1.54) is 0 Å². The molecule has 0 bridgehead atoms. The minimum atomic E-state index is 0. The van der Waals surface area contributed by atoms with E-state index in [4.69, 9.17) is 3.67 Å². The van der Waals surface area contributed by atoms with E-state index in [0.717, 1.165) is 17.4 Å². The summed E-state index contributed by atoms with van der Waals surface area (Å²) < 4.78 is 8.19. The van der Waals surface area contributed by atoms with E-state index >= 15 is 0 Å². The van der Waals surface area contributed by atoms with Crippen LogP contribution < -0.4 is 0 Å². The summed E-state index contributed by atoms with van der Waals surface area (Å²) in [6.45, 7) is 0. The normalized spacial score (nSPS) is 0.600. The van der Waals surface area contributed by atoms with Crippen LogP contribution in [0.2, 0.25) is 0 Å². The summed E-state index contributed by atoms with van der Waals surface area (Å²) in [7, 11) is 0. The van der Waals surface area contributed by atoms with Gasteiger partial charge in [0, 0.05) is 0 Å². The third kappa shape index (κ3) is 35.4. The SMILES string of the molecule is Cl.Cl.Cl.[O]=[V]. The van der Waals surface area contributed by atoms with E-state index in [-0.39, 0.29) is 37.2 Å². The number of halogens is 3. The molecule has 0 aromatic heterocycles. The van der Waals surface area contributed by atoms with Crippen molar-refractivity contribution in [3.63, 3.8) is 0 Å². The molecule has 5 heavy (non-hydrogen) atoms. The van der Waals surface area contributed by atoms with Crippen molar-refractivity contribution in [2.45, 2.75) is 0 Å². The zero-order valence-electron chi connectivity index (χ0n) is 2.08. The Bertz CT molecular complexity index is 6.85. The van der Waals surface area contributed by atoms with E-state index in [0.29, 0.717) is 0 Å². The van der Waals surface area contributed by atoms with Gasteiger partial charge in [-0.05, 0) is 0 Å². The summed E-state index contributed by atoms with van der Waals surface area (Å²) in [5.41, 5.74) is 0. The molecule has 0 aliphatic heterocycles. The van der Waals surface area contributed by atoms with Gasteiger partial charge in [0.1, 0.15) is 0 Å². The van der Waals surface area contributed by atoms with Crippen molar-refractivity contribution in [2.75, 3.05) is 0 Å². The Hall–Kier alpha value is 1.25. The Kier molecular flexibility index (Phi) is 411. The first kappa shape index (κ1) is 34.0. The van der Waals surface area contributed by atoms with Crippen molar-refractivity contribution < 1.29 is 21.0 Å². The molecule has 0 unspecified atom stereocenters. The predicted molar refractivity (Wildman–Crippen MR) is 22.4 cm³/mol. The molecule has 0 fully saturated rings. The summed E-state index contributed by atoms with van der Waals surface area (Å²) in [5.74, 6) is 0. The molecular weight excluding hydrogens is 173 g/mol. The zero-order valence-corrected chi connectivity index (χ0v) is 5.93. The molecule has 0 saturated carbocycles. The van der Waals surface area contributed by atoms with Crippen molar-refractivity contribution in [3.05, 3.63) is 0 Å². The van der Waals surface area contributed by atoms with Crippen LogP contribution in [0.1, 0.15) is 0 Å². The molecule has 0 amide bonds. The van der Waals surface area contributed by atoms with Gasteiger partial charge in [0.25, 0.3) is 0 Å². The van der Waals surface area contributed by atoms with Crippen LogP contribution in [0.5, 0.6) is 0 Å². The van der Waals surface area contributed by atoms with Crippen LogP contribution >= 0.6 is 37.2 Å². The van der Waals surface area contributed by atoms with Crippen LogP contribution in [0.3, 0.4) is 0 Å². The fraction of sp³-hybridized carbons (Fsp3) is 0. The molecule has 0 heterocycles. The van der Waals surface area contributed by atoms with Gasteiger partial charge >= 0.3 is 21.0 Å². The van der Waals surface area contributed by atoms with Gasteiger partial charge in [0.05, 0.1) is 0 Å². The molecule has 0 N–H and O–H groups in total. The molecule has 0 spiro atoms. The summed E-state index contributed by atoms with van der Waals surface area (Å²) >= 11 is 1.06. The molecule has 0 aromatic carbocycles. The molecule has 0 aliphatic carbocycles. The van der Waals surface area contributed by atoms with Gasteiger partial charge in [0.15, 0.2) is 0 Å². The molecule has 0 atom stereocenters. The van der Waals surface area contributed by atoms with E-state index in [1.807, 2.05) is 0 Å². The average Bonchev–Trinajstić information content (AvgIpc) is 1.00. The first-order valence-electron chi connectivity index (χ1n) is 0.183. The van der Waals surface area contributed by atoms with E-state index in [2.05, 4.69) is 0 Å². The number of hydrogen-bond donors (Lipinski definition) is 0. The van der Waals surface area contributed by atoms with Gasteiger partial charge in [0.2, 0.25) is 0 Å². The molecule has 1 nitrogen and oxygen atoms in total. The quantitative estimate of drug-likeness (QED) is 0.541. The summed E-state index contributed by atoms with van der Waals surface area (Å²) in [6.07, 6.45) is 0. The third-order valence-electron chi connectivity index (χ3n) is 0. The van der Waals surface area contributed by atoms with Crippen LogP contribution in [0.4, 0.5) is 0 Å². The van der Waals surface area contributed by atoms with Crippen LogP contribution in [0.15, 0.2) is 0 Å². The van der Waals surface area contributed by atoms with Crippen molar-refractivity contribution in [3.8, 4) is 0 Å². The van der Waals surface area contributed by atoms with Crippen LogP contribution in [-0.4, -0.2) is 0 Å². The monoisotopic (exact) mass is 175 g/mol. The molecule has 0 aromatic rings. The first-order chi connectivity index (χ1) is 1.00. The third-order valence-corrected chi connectivity index (χ3v) is 0. The average molecular weight is 176 g/mol. The second kappa shape index (κ2) is 60.4. The fourth-order valence-corrected chi connectivity index (χ4v) is 0. The first-order valence-corrected chi connectivity index (χ1v) is 0.753. The van der Waals surface area contributed by atoms with Gasteiger partial charge in [-0.25, -0.2) is 0 Å². The zero-order chi connectivity index (χ0) is 2.00. The van der Waals surface area contributed by atoms with Crippen LogP contribution in [0.25, 0.3) is 0 Å². The van der Waals surface area contributed by atoms with Crippen molar-refractivity contribution >= 4 is 37.2 Å².